The van der Waals surface area contributed by atoms with E-state index in [9.17, 15) is 9.90 Å². The Kier molecular flexibility index (Phi) is 5.11. The maximum Gasteiger partial charge on any atom is 0.252 e. The minimum Gasteiger partial charge on any atom is -0.473 e. The number of aromatic nitrogens is 1. The molecule has 1 heterocycles. The Balaban J connectivity index is 1.65. The van der Waals surface area contributed by atoms with Crippen LogP contribution in [0.15, 0.2) is 48.7 Å². The van der Waals surface area contributed by atoms with Crippen LogP contribution in [-0.4, -0.2) is 28.1 Å². The highest BCUT2D eigenvalue weighted by atomic mass is 16.5. The van der Waals surface area contributed by atoms with Gasteiger partial charge in [-0.3, -0.25) is 4.79 Å². The molecule has 5 heteroatoms. The quantitative estimate of drug-likeness (QED) is 0.856. The molecule has 1 amide bonds. The van der Waals surface area contributed by atoms with Crippen molar-refractivity contribution in [1.29, 1.82) is 0 Å². The first-order valence-corrected chi connectivity index (χ1v) is 8.27. The highest BCUT2D eigenvalue weighted by molar-refractivity contribution is 5.94. The zero-order chi connectivity index (χ0) is 16.8. The van der Waals surface area contributed by atoms with E-state index in [4.69, 9.17) is 4.74 Å². The smallest absolute Gasteiger partial charge is 0.252 e. The second-order valence-corrected chi connectivity index (χ2v) is 6.26. The first-order chi connectivity index (χ1) is 11.7. The van der Waals surface area contributed by atoms with Gasteiger partial charge in [-0.25, -0.2) is 4.98 Å². The average molecular weight is 326 g/mol. The van der Waals surface area contributed by atoms with E-state index in [0.717, 1.165) is 31.2 Å². The first kappa shape index (κ1) is 16.5. The van der Waals surface area contributed by atoms with Crippen LogP contribution in [0.2, 0.25) is 0 Å². The molecule has 2 aromatic rings. The summed E-state index contributed by atoms with van der Waals surface area (Å²) in [5, 5.41) is 12.6. The van der Waals surface area contributed by atoms with Crippen LogP contribution in [-0.2, 0) is 6.61 Å². The summed E-state index contributed by atoms with van der Waals surface area (Å²) >= 11 is 0. The maximum atomic E-state index is 12.5. The molecule has 0 spiro atoms. The molecule has 0 unspecified atom stereocenters. The van der Waals surface area contributed by atoms with Crippen LogP contribution in [0.1, 0.15) is 41.6 Å². The van der Waals surface area contributed by atoms with Gasteiger partial charge in [-0.05, 0) is 24.5 Å². The van der Waals surface area contributed by atoms with Crippen molar-refractivity contribution in [2.75, 3.05) is 6.61 Å². The number of aliphatic hydroxyl groups is 1. The van der Waals surface area contributed by atoms with Crippen LogP contribution >= 0.6 is 0 Å². The van der Waals surface area contributed by atoms with Gasteiger partial charge in [0.1, 0.15) is 6.61 Å². The van der Waals surface area contributed by atoms with E-state index in [2.05, 4.69) is 10.3 Å². The molecule has 1 fully saturated rings. The Morgan fingerprint density at radius 2 is 1.96 bits per heavy atom. The molecule has 2 N–H and O–H groups in total. The molecule has 1 aliphatic rings. The second-order valence-electron chi connectivity index (χ2n) is 6.26. The number of nitrogens with zero attached hydrogens (tertiary/aromatic N) is 1. The number of rotatable bonds is 6. The van der Waals surface area contributed by atoms with E-state index in [0.29, 0.717) is 18.1 Å². The van der Waals surface area contributed by atoms with E-state index >= 15 is 0 Å². The Labute approximate surface area is 141 Å². The third-order valence-corrected chi connectivity index (χ3v) is 4.47. The van der Waals surface area contributed by atoms with Gasteiger partial charge in [0.2, 0.25) is 5.88 Å². The molecule has 0 atom stereocenters. The lowest BCUT2D eigenvalue weighted by Gasteiger charge is -2.28. The summed E-state index contributed by atoms with van der Waals surface area (Å²) in [6.45, 7) is 0.376. The van der Waals surface area contributed by atoms with E-state index in [1.165, 1.54) is 0 Å². The summed E-state index contributed by atoms with van der Waals surface area (Å²) in [6.07, 6.45) is 5.26. The van der Waals surface area contributed by atoms with Crippen molar-refractivity contribution in [3.63, 3.8) is 0 Å². The zero-order valence-corrected chi connectivity index (χ0v) is 13.6. The fourth-order valence-electron chi connectivity index (χ4n) is 3.05. The molecule has 1 aromatic carbocycles. The summed E-state index contributed by atoms with van der Waals surface area (Å²) in [6, 6.07) is 13.1. The van der Waals surface area contributed by atoms with Gasteiger partial charge in [-0.15, -0.1) is 0 Å². The zero-order valence-electron chi connectivity index (χ0n) is 13.6. The molecule has 5 nitrogen and oxygen atoms in total. The molecule has 1 saturated carbocycles. The molecule has 3 rings (SSSR count). The normalized spacial score (nSPS) is 15.9. The molecule has 0 radical (unpaired) electrons. The van der Waals surface area contributed by atoms with Gasteiger partial charge in [-0.1, -0.05) is 43.2 Å². The van der Waals surface area contributed by atoms with Crippen LogP contribution < -0.4 is 10.1 Å². The van der Waals surface area contributed by atoms with Crippen molar-refractivity contribution in [2.45, 2.75) is 37.8 Å². The van der Waals surface area contributed by atoms with Crippen molar-refractivity contribution < 1.29 is 14.6 Å². The Morgan fingerprint density at radius 3 is 2.67 bits per heavy atom. The average Bonchev–Trinajstić information content (AvgIpc) is 3.10. The summed E-state index contributed by atoms with van der Waals surface area (Å²) in [5.41, 5.74) is 1.05. The van der Waals surface area contributed by atoms with Gasteiger partial charge in [-0.2, -0.15) is 0 Å². The molecule has 126 valence electrons. The van der Waals surface area contributed by atoms with Gasteiger partial charge in [0.15, 0.2) is 0 Å². The van der Waals surface area contributed by atoms with Gasteiger partial charge in [0.05, 0.1) is 12.1 Å². The number of amides is 1. The van der Waals surface area contributed by atoms with Gasteiger partial charge in [0, 0.05) is 17.8 Å². The van der Waals surface area contributed by atoms with E-state index in [1.807, 2.05) is 30.3 Å². The number of hydrogen-bond acceptors (Lipinski definition) is 4. The molecule has 1 aliphatic carbocycles. The molecular weight excluding hydrogens is 304 g/mol. The largest absolute Gasteiger partial charge is 0.473 e. The third kappa shape index (κ3) is 3.92. The second kappa shape index (κ2) is 7.45. The molecule has 0 saturated heterocycles. The molecule has 24 heavy (non-hydrogen) atoms. The lowest BCUT2D eigenvalue weighted by molar-refractivity contribution is 0.0838. The minimum absolute atomic E-state index is 0.0266. The summed E-state index contributed by atoms with van der Waals surface area (Å²) < 4.78 is 5.66. The molecular formula is C19H22N2O3. The van der Waals surface area contributed by atoms with Crippen molar-refractivity contribution in [2.24, 2.45) is 0 Å². The SMILES string of the molecule is O=C(NC1(CO)CCCC1)c1ccnc(OCc2ccccc2)c1. The van der Waals surface area contributed by atoms with E-state index in [-0.39, 0.29) is 12.5 Å². The number of nitrogens with one attached hydrogen (secondary N) is 1. The predicted molar refractivity (Wildman–Crippen MR) is 90.8 cm³/mol. The highest BCUT2D eigenvalue weighted by Crippen LogP contribution is 2.29. The van der Waals surface area contributed by atoms with E-state index < -0.39 is 5.54 Å². The molecule has 0 aliphatic heterocycles. The highest BCUT2D eigenvalue weighted by Gasteiger charge is 2.34. The molecule has 0 bridgehead atoms. The minimum atomic E-state index is -0.481. The van der Waals surface area contributed by atoms with Crippen LogP contribution in [0.5, 0.6) is 5.88 Å². The number of pyridine rings is 1. The maximum absolute atomic E-state index is 12.5. The summed E-state index contributed by atoms with van der Waals surface area (Å²) in [7, 11) is 0. The summed E-state index contributed by atoms with van der Waals surface area (Å²) in [5.74, 6) is 0.217. The van der Waals surface area contributed by atoms with Crippen molar-refractivity contribution in [1.82, 2.24) is 10.3 Å². The summed E-state index contributed by atoms with van der Waals surface area (Å²) in [4.78, 5) is 16.6. The number of carbonyl (C=O) groups excluding carboxylic acids is 1. The topological polar surface area (TPSA) is 71.5 Å². The number of carbonyl (C=O) groups is 1. The Hall–Kier alpha value is -2.40. The lowest BCUT2D eigenvalue weighted by Crippen LogP contribution is -2.49. The van der Waals surface area contributed by atoms with Crippen molar-refractivity contribution in [3.8, 4) is 5.88 Å². The van der Waals surface area contributed by atoms with Crippen LogP contribution in [0.25, 0.3) is 0 Å². The number of benzene rings is 1. The third-order valence-electron chi connectivity index (χ3n) is 4.47. The number of ether oxygens (including phenoxy) is 1. The Bertz CT molecular complexity index is 682. The standard InChI is InChI=1S/C19H22N2O3/c22-14-19(9-4-5-10-19)21-18(23)16-8-11-20-17(12-16)24-13-15-6-2-1-3-7-15/h1-3,6-8,11-12,22H,4-5,9-10,13-14H2,(H,21,23). The van der Waals surface area contributed by atoms with E-state index in [1.54, 1.807) is 18.3 Å². The fourth-order valence-corrected chi connectivity index (χ4v) is 3.05. The predicted octanol–water partition coefficient (Wildman–Crippen LogP) is 2.70. The van der Waals surface area contributed by atoms with Crippen molar-refractivity contribution >= 4 is 5.91 Å². The van der Waals surface area contributed by atoms with Crippen LogP contribution in [0.4, 0.5) is 0 Å². The number of aliphatic hydroxyl groups excluding tert-OH is 1. The first-order valence-electron chi connectivity index (χ1n) is 8.27. The monoisotopic (exact) mass is 326 g/mol. The van der Waals surface area contributed by atoms with Gasteiger partial charge in [0.25, 0.3) is 5.91 Å². The fraction of sp³-hybridized carbons (Fsp3) is 0.368. The van der Waals surface area contributed by atoms with Crippen molar-refractivity contribution in [3.05, 3.63) is 59.8 Å². The van der Waals surface area contributed by atoms with Gasteiger partial charge >= 0.3 is 0 Å². The lowest BCUT2D eigenvalue weighted by atomic mass is 9.98. The van der Waals surface area contributed by atoms with Crippen LogP contribution in [0.3, 0.4) is 0 Å². The molecule has 1 aromatic heterocycles. The van der Waals surface area contributed by atoms with Gasteiger partial charge < -0.3 is 15.2 Å². The Morgan fingerprint density at radius 1 is 1.21 bits per heavy atom. The number of hydrogen-bond donors (Lipinski definition) is 2. The van der Waals surface area contributed by atoms with Crippen LogP contribution in [0, 0.1) is 0 Å².